The quantitative estimate of drug-likeness (QED) is 0.231. The van der Waals surface area contributed by atoms with Gasteiger partial charge in [-0.15, -0.1) is 0 Å². The van der Waals surface area contributed by atoms with E-state index in [1.165, 1.54) is 0 Å². The Morgan fingerprint density at radius 2 is 1.90 bits per heavy atom. The molecule has 0 radical (unpaired) electrons. The minimum absolute atomic E-state index is 0. The van der Waals surface area contributed by atoms with Crippen LogP contribution in [-0.2, 0) is 10.1 Å². The summed E-state index contributed by atoms with van der Waals surface area (Å²) >= 11 is 0. The summed E-state index contributed by atoms with van der Waals surface area (Å²) < 4.78 is 28.1. The summed E-state index contributed by atoms with van der Waals surface area (Å²) in [6.07, 6.45) is 0. The molecule has 0 saturated heterocycles. The van der Waals surface area contributed by atoms with Crippen LogP contribution < -0.4 is 29.6 Å². The third-order valence-electron chi connectivity index (χ3n) is 0.729. The average Bonchev–Trinajstić information content (AvgIpc) is 1.65. The van der Waals surface area contributed by atoms with Crippen LogP contribution in [0.3, 0.4) is 0 Å². The number of aliphatic hydroxyl groups is 2. The average molecular weight is 178 g/mol. The molecule has 0 aromatic heterocycles. The molecule has 0 spiro atoms. The predicted molar refractivity (Wildman–Crippen MR) is 28.7 cm³/mol. The van der Waals surface area contributed by atoms with Gasteiger partial charge in [-0.3, -0.25) is 4.55 Å². The van der Waals surface area contributed by atoms with E-state index in [0.717, 1.165) is 0 Å². The molecule has 0 aromatic rings. The summed E-state index contributed by atoms with van der Waals surface area (Å²) in [5.74, 6) is 0. The molecule has 0 aliphatic rings. The summed E-state index contributed by atoms with van der Waals surface area (Å²) in [5.41, 5.74) is 0. The van der Waals surface area contributed by atoms with Crippen LogP contribution in [0.5, 0.6) is 0 Å². The van der Waals surface area contributed by atoms with Crippen LogP contribution in [0.2, 0.25) is 0 Å². The Bertz CT molecular complexity index is 160. The fraction of sp³-hybridized carbons (Fsp3) is 0.667. The van der Waals surface area contributed by atoms with E-state index < -0.39 is 22.0 Å². The van der Waals surface area contributed by atoms with Gasteiger partial charge in [-0.1, -0.05) is 0 Å². The first-order valence-electron chi connectivity index (χ1n) is 2.07. The summed E-state index contributed by atoms with van der Waals surface area (Å²) in [6, 6.07) is 0. The largest absolute Gasteiger partial charge is 1.00 e. The molecule has 10 heavy (non-hydrogen) atoms. The monoisotopic (exact) mass is 178 g/mol. The topological polar surface area (TPSA) is 94.8 Å². The Hall–Kier alpha value is 0.830. The Kier molecular flexibility index (Phi) is 7.35. The number of hydrogen-bond acceptors (Lipinski definition) is 4. The second-order valence-electron chi connectivity index (χ2n) is 1.39. The van der Waals surface area contributed by atoms with E-state index in [1.54, 1.807) is 0 Å². The molecule has 0 rings (SSSR count). The predicted octanol–water partition coefficient (Wildman–Crippen LogP) is -4.23. The van der Waals surface area contributed by atoms with Gasteiger partial charge in [0.15, 0.2) is 0 Å². The number of hydrogen-bond donors (Lipinski definition) is 3. The summed E-state index contributed by atoms with van der Waals surface area (Å²) in [4.78, 5) is 0. The van der Waals surface area contributed by atoms with Crippen LogP contribution >= 0.6 is 0 Å². The van der Waals surface area contributed by atoms with E-state index in [0.29, 0.717) is 0 Å². The van der Waals surface area contributed by atoms with Crippen LogP contribution in [0, 0.1) is 6.61 Å². The van der Waals surface area contributed by atoms with Gasteiger partial charge in [-0.05, 0) is 0 Å². The first-order valence-corrected chi connectivity index (χ1v) is 3.57. The Morgan fingerprint density at radius 1 is 1.50 bits per heavy atom. The Balaban J connectivity index is 0. The maximum Gasteiger partial charge on any atom is 1.00 e. The van der Waals surface area contributed by atoms with Crippen molar-refractivity contribution in [2.24, 2.45) is 0 Å². The zero-order chi connectivity index (χ0) is 7.49. The molecule has 0 heterocycles. The molecule has 1 unspecified atom stereocenters. The van der Waals surface area contributed by atoms with Crippen LogP contribution in [0.1, 0.15) is 0 Å². The number of aliphatic hydroxyl groups excluding tert-OH is 2. The molecule has 0 aliphatic heterocycles. The zero-order valence-electron chi connectivity index (χ0n) is 5.43. The van der Waals surface area contributed by atoms with Crippen molar-refractivity contribution >= 4 is 10.1 Å². The molecular formula is C3H7NaO5S. The fourth-order valence-electron chi connectivity index (χ4n) is 0.218. The van der Waals surface area contributed by atoms with E-state index in [9.17, 15) is 8.42 Å². The van der Waals surface area contributed by atoms with Crippen LogP contribution in [0.25, 0.3) is 0 Å². The third kappa shape index (κ3) is 4.62. The van der Waals surface area contributed by atoms with Gasteiger partial charge in [0.25, 0.3) is 0 Å². The summed E-state index contributed by atoms with van der Waals surface area (Å²) in [7, 11) is -4.32. The molecular weight excluding hydrogens is 171 g/mol. The van der Waals surface area contributed by atoms with Gasteiger partial charge in [-0.25, -0.2) is 8.42 Å². The molecule has 5 nitrogen and oxygen atoms in total. The molecule has 1 atom stereocenters. The van der Waals surface area contributed by atoms with Crippen molar-refractivity contribution in [3.05, 3.63) is 6.61 Å². The second-order valence-corrected chi connectivity index (χ2v) is 3.02. The smallest absolute Gasteiger partial charge is 0.565 e. The maximum absolute atomic E-state index is 10.00. The van der Waals surface area contributed by atoms with Crippen LogP contribution in [0.4, 0.5) is 0 Å². The molecule has 56 valence electrons. The van der Waals surface area contributed by atoms with E-state index in [1.807, 2.05) is 0 Å². The van der Waals surface area contributed by atoms with Crippen molar-refractivity contribution in [2.75, 3.05) is 6.61 Å². The SMILES string of the molecule is O=S(=O)(O)C([CH-]O)CO.[Na+]. The van der Waals surface area contributed by atoms with Gasteiger partial charge in [0.05, 0.1) is 0 Å². The van der Waals surface area contributed by atoms with E-state index in [2.05, 4.69) is 0 Å². The third-order valence-corrected chi connectivity index (χ3v) is 1.76. The molecule has 0 saturated carbocycles. The van der Waals surface area contributed by atoms with Gasteiger partial charge < -0.3 is 10.2 Å². The maximum atomic E-state index is 10.00. The minimum Gasteiger partial charge on any atom is -0.565 e. The fourth-order valence-corrected chi connectivity index (χ4v) is 0.560. The first-order chi connectivity index (χ1) is 4.02. The molecule has 7 heteroatoms. The normalized spacial score (nSPS) is 13.9. The van der Waals surface area contributed by atoms with Crippen molar-refractivity contribution < 1.29 is 52.7 Å². The first kappa shape index (κ1) is 13.4. The zero-order valence-corrected chi connectivity index (χ0v) is 8.24. The van der Waals surface area contributed by atoms with Crippen molar-refractivity contribution in [1.29, 1.82) is 0 Å². The van der Waals surface area contributed by atoms with E-state index in [4.69, 9.17) is 14.8 Å². The molecule has 3 N–H and O–H groups in total. The van der Waals surface area contributed by atoms with Crippen molar-refractivity contribution in [3.8, 4) is 0 Å². The van der Waals surface area contributed by atoms with Crippen molar-refractivity contribution in [2.45, 2.75) is 5.25 Å². The summed E-state index contributed by atoms with van der Waals surface area (Å²) in [5, 5.41) is 14.6. The van der Waals surface area contributed by atoms with Gasteiger partial charge >= 0.3 is 29.6 Å². The Labute approximate surface area is 81.1 Å². The molecule has 0 bridgehead atoms. The van der Waals surface area contributed by atoms with Gasteiger partial charge in [0.1, 0.15) is 0 Å². The van der Waals surface area contributed by atoms with Gasteiger partial charge in [-0.2, -0.15) is 6.61 Å². The summed E-state index contributed by atoms with van der Waals surface area (Å²) in [6.45, 7) is -0.606. The molecule has 0 amide bonds. The standard InChI is InChI=1S/C3H7O5S.Na/c4-1-3(2-5)9(6,7)8;/h1,3-5H,2H2,(H,6,7,8);/q-1;+1. The second kappa shape index (κ2) is 5.48. The minimum atomic E-state index is -4.32. The van der Waals surface area contributed by atoms with E-state index >= 15 is 0 Å². The van der Waals surface area contributed by atoms with Crippen LogP contribution in [0.15, 0.2) is 0 Å². The van der Waals surface area contributed by atoms with Crippen LogP contribution in [-0.4, -0.2) is 35.0 Å². The van der Waals surface area contributed by atoms with E-state index in [-0.39, 0.29) is 36.2 Å². The molecule has 0 fully saturated rings. The van der Waals surface area contributed by atoms with Gasteiger partial charge in [0.2, 0.25) is 10.1 Å². The molecule has 0 aromatic carbocycles. The Morgan fingerprint density at radius 3 is 1.90 bits per heavy atom. The van der Waals surface area contributed by atoms with Gasteiger partial charge in [0, 0.05) is 11.9 Å². The van der Waals surface area contributed by atoms with Crippen molar-refractivity contribution in [1.82, 2.24) is 0 Å². The molecule has 0 aliphatic carbocycles. The number of rotatable bonds is 3. The van der Waals surface area contributed by atoms with Crippen molar-refractivity contribution in [3.63, 3.8) is 0 Å².